The average molecular weight is 224 g/mol. The number of hydrogen-bond donors (Lipinski definition) is 1. The Morgan fingerprint density at radius 1 is 1.60 bits per heavy atom. The second kappa shape index (κ2) is 4.24. The first-order valence-corrected chi connectivity index (χ1v) is 5.56. The maximum atomic E-state index is 9.84. The third-order valence-electron chi connectivity index (χ3n) is 1.78. The third-order valence-corrected chi connectivity index (χ3v) is 3.06. The van der Waals surface area contributed by atoms with Crippen molar-refractivity contribution in [2.45, 2.75) is 33.3 Å². The Hall–Kier alpha value is -1.00. The van der Waals surface area contributed by atoms with Gasteiger partial charge in [0.2, 0.25) is 0 Å². The van der Waals surface area contributed by atoms with Crippen LogP contribution in [-0.2, 0) is 5.60 Å². The zero-order valence-electron chi connectivity index (χ0n) is 9.53. The van der Waals surface area contributed by atoms with Gasteiger partial charge in [0.1, 0.15) is 21.3 Å². The van der Waals surface area contributed by atoms with E-state index in [9.17, 15) is 5.11 Å². The molecule has 0 aliphatic rings. The molecule has 0 amide bonds. The monoisotopic (exact) mass is 224 g/mol. The fourth-order valence-corrected chi connectivity index (χ4v) is 2.10. The summed E-state index contributed by atoms with van der Waals surface area (Å²) in [4.78, 5) is 8.58. The maximum Gasteiger partial charge on any atom is 0.143 e. The fourth-order valence-electron chi connectivity index (χ4n) is 1.06. The summed E-state index contributed by atoms with van der Waals surface area (Å²) in [6.45, 7) is 11.0. The minimum absolute atomic E-state index is 0.668. The number of thiazole rings is 1. The number of aliphatic imine (C=N–C) groups is 1. The SMILES string of the molecule is C=C(C)c1nc(C(C)(C)O)sc1N=CC. The van der Waals surface area contributed by atoms with Crippen LogP contribution in [0.25, 0.3) is 5.57 Å². The van der Waals surface area contributed by atoms with Crippen LogP contribution < -0.4 is 0 Å². The highest BCUT2D eigenvalue weighted by molar-refractivity contribution is 7.15. The molecule has 82 valence electrons. The number of nitrogens with zero attached hydrogens (tertiary/aromatic N) is 2. The molecule has 4 heteroatoms. The van der Waals surface area contributed by atoms with Gasteiger partial charge in [0, 0.05) is 6.21 Å². The van der Waals surface area contributed by atoms with E-state index in [2.05, 4.69) is 16.6 Å². The molecular weight excluding hydrogens is 208 g/mol. The lowest BCUT2D eigenvalue weighted by molar-refractivity contribution is 0.0782. The lowest BCUT2D eigenvalue weighted by atomic mass is 10.1. The Kier molecular flexibility index (Phi) is 3.42. The summed E-state index contributed by atoms with van der Waals surface area (Å²) in [6.07, 6.45) is 1.72. The fraction of sp³-hybridized carbons (Fsp3) is 0.455. The van der Waals surface area contributed by atoms with E-state index in [1.54, 1.807) is 20.1 Å². The second-order valence-corrected chi connectivity index (χ2v) is 4.88. The van der Waals surface area contributed by atoms with Crippen molar-refractivity contribution in [1.82, 2.24) is 4.98 Å². The lowest BCUT2D eigenvalue weighted by Gasteiger charge is -2.12. The number of hydrogen-bond acceptors (Lipinski definition) is 4. The topological polar surface area (TPSA) is 45.5 Å². The summed E-state index contributed by atoms with van der Waals surface area (Å²) in [5, 5.41) is 11.3. The Bertz CT molecular complexity index is 399. The molecule has 15 heavy (non-hydrogen) atoms. The predicted octanol–water partition coefficient (Wildman–Crippen LogP) is 3.13. The molecular formula is C11H16N2OS. The van der Waals surface area contributed by atoms with Crippen LogP contribution >= 0.6 is 11.3 Å². The van der Waals surface area contributed by atoms with E-state index in [-0.39, 0.29) is 0 Å². The van der Waals surface area contributed by atoms with Crippen LogP contribution in [0, 0.1) is 0 Å². The van der Waals surface area contributed by atoms with Crippen LogP contribution in [0.1, 0.15) is 38.4 Å². The quantitative estimate of drug-likeness (QED) is 0.802. The van der Waals surface area contributed by atoms with Crippen LogP contribution in [0.2, 0.25) is 0 Å². The summed E-state index contributed by atoms with van der Waals surface area (Å²) in [5.74, 6) is 0. The summed E-state index contributed by atoms with van der Waals surface area (Å²) < 4.78 is 0. The first-order chi connectivity index (χ1) is 6.86. The van der Waals surface area contributed by atoms with E-state index < -0.39 is 5.60 Å². The second-order valence-electron chi connectivity index (χ2n) is 3.90. The molecule has 3 nitrogen and oxygen atoms in total. The lowest BCUT2D eigenvalue weighted by Crippen LogP contribution is -2.14. The van der Waals surface area contributed by atoms with Crippen molar-refractivity contribution < 1.29 is 5.11 Å². The number of allylic oxidation sites excluding steroid dienone is 1. The van der Waals surface area contributed by atoms with Gasteiger partial charge in [-0.15, -0.1) is 0 Å². The van der Waals surface area contributed by atoms with Crippen LogP contribution in [0.4, 0.5) is 5.00 Å². The highest BCUT2D eigenvalue weighted by atomic mass is 32.1. The van der Waals surface area contributed by atoms with Gasteiger partial charge >= 0.3 is 0 Å². The van der Waals surface area contributed by atoms with Crippen molar-refractivity contribution in [3.8, 4) is 0 Å². The number of rotatable bonds is 3. The zero-order chi connectivity index (χ0) is 11.6. The van der Waals surface area contributed by atoms with Gasteiger partial charge in [0.05, 0.1) is 0 Å². The molecule has 0 spiro atoms. The molecule has 1 heterocycles. The molecule has 0 aromatic carbocycles. The smallest absolute Gasteiger partial charge is 0.143 e. The molecule has 1 N–H and O–H groups in total. The van der Waals surface area contributed by atoms with Crippen LogP contribution in [-0.4, -0.2) is 16.3 Å². The molecule has 0 atom stereocenters. The van der Waals surface area contributed by atoms with Gasteiger partial charge in [-0.25, -0.2) is 9.98 Å². The van der Waals surface area contributed by atoms with Crippen LogP contribution in [0.3, 0.4) is 0 Å². The molecule has 1 rings (SSSR count). The third kappa shape index (κ3) is 2.73. The summed E-state index contributed by atoms with van der Waals surface area (Å²) >= 11 is 1.40. The van der Waals surface area contributed by atoms with Gasteiger partial charge in [-0.1, -0.05) is 17.9 Å². The first kappa shape index (κ1) is 12.1. The molecule has 1 aromatic heterocycles. The molecule has 0 fully saturated rings. The Balaban J connectivity index is 3.27. The molecule has 0 radical (unpaired) electrons. The zero-order valence-corrected chi connectivity index (χ0v) is 10.4. The maximum absolute atomic E-state index is 9.84. The van der Waals surface area contributed by atoms with Crippen molar-refractivity contribution in [1.29, 1.82) is 0 Å². The van der Waals surface area contributed by atoms with Crippen molar-refractivity contribution in [2.24, 2.45) is 4.99 Å². The molecule has 0 saturated carbocycles. The summed E-state index contributed by atoms with van der Waals surface area (Å²) in [5.41, 5.74) is 0.716. The number of aliphatic hydroxyl groups is 1. The van der Waals surface area contributed by atoms with E-state index >= 15 is 0 Å². The average Bonchev–Trinajstić information content (AvgIpc) is 2.48. The molecule has 0 saturated heterocycles. The van der Waals surface area contributed by atoms with E-state index in [0.29, 0.717) is 5.01 Å². The van der Waals surface area contributed by atoms with E-state index in [1.165, 1.54) is 11.3 Å². The van der Waals surface area contributed by atoms with Gasteiger partial charge in [-0.3, -0.25) is 0 Å². The van der Waals surface area contributed by atoms with E-state index in [4.69, 9.17) is 0 Å². The summed E-state index contributed by atoms with van der Waals surface area (Å²) in [6, 6.07) is 0. The van der Waals surface area contributed by atoms with Crippen molar-refractivity contribution >= 4 is 28.1 Å². The van der Waals surface area contributed by atoms with Gasteiger partial charge in [0.25, 0.3) is 0 Å². The molecule has 0 bridgehead atoms. The Labute approximate surface area is 94.2 Å². The highest BCUT2D eigenvalue weighted by Gasteiger charge is 2.23. The van der Waals surface area contributed by atoms with Crippen molar-refractivity contribution in [3.63, 3.8) is 0 Å². The van der Waals surface area contributed by atoms with Crippen LogP contribution in [0.5, 0.6) is 0 Å². The van der Waals surface area contributed by atoms with Gasteiger partial charge in [-0.2, -0.15) is 0 Å². The Morgan fingerprint density at radius 3 is 2.60 bits per heavy atom. The van der Waals surface area contributed by atoms with E-state index in [1.807, 2.05) is 13.8 Å². The summed E-state index contributed by atoms with van der Waals surface area (Å²) in [7, 11) is 0. The van der Waals surface area contributed by atoms with Crippen molar-refractivity contribution in [3.05, 3.63) is 17.3 Å². The molecule has 0 aliphatic carbocycles. The predicted molar refractivity (Wildman–Crippen MR) is 65.9 cm³/mol. The minimum Gasteiger partial charge on any atom is -0.383 e. The Morgan fingerprint density at radius 2 is 2.20 bits per heavy atom. The number of aromatic nitrogens is 1. The van der Waals surface area contributed by atoms with Crippen LogP contribution in [0.15, 0.2) is 11.6 Å². The first-order valence-electron chi connectivity index (χ1n) is 4.74. The van der Waals surface area contributed by atoms with Gasteiger partial charge in [0.15, 0.2) is 0 Å². The van der Waals surface area contributed by atoms with Crippen molar-refractivity contribution in [2.75, 3.05) is 0 Å². The molecule has 1 aromatic rings. The minimum atomic E-state index is -0.920. The normalized spacial score (nSPS) is 12.3. The van der Waals surface area contributed by atoms with Gasteiger partial charge in [-0.05, 0) is 33.3 Å². The standard InChI is InChI=1S/C11H16N2OS/c1-6-12-9-8(7(2)3)13-10(15-9)11(4,5)14/h6,14H,2H2,1,3-5H3. The molecule has 0 unspecified atom stereocenters. The van der Waals surface area contributed by atoms with Gasteiger partial charge < -0.3 is 5.11 Å². The largest absolute Gasteiger partial charge is 0.383 e. The van der Waals surface area contributed by atoms with E-state index in [0.717, 1.165) is 16.3 Å². The highest BCUT2D eigenvalue weighted by Crippen LogP contribution is 2.36. The molecule has 0 aliphatic heterocycles.